The second-order valence-corrected chi connectivity index (χ2v) is 17.7. The van der Waals surface area contributed by atoms with Gasteiger partial charge in [-0.25, -0.2) is 14.8 Å². The Kier molecular flexibility index (Phi) is 10.4. The Morgan fingerprint density at radius 1 is 0.881 bits per heavy atom. The van der Waals surface area contributed by atoms with Gasteiger partial charge in [0.1, 0.15) is 17.8 Å². The number of fused-ring (bicyclic) bond motifs is 3. The minimum atomic E-state index is -0.352. The fourth-order valence-electron chi connectivity index (χ4n) is 9.08. The molecule has 0 saturated carbocycles. The quantitative estimate of drug-likeness (QED) is 0.191. The van der Waals surface area contributed by atoms with E-state index < -0.39 is 0 Å². The molecule has 16 heteroatoms. The lowest BCUT2D eigenvalue weighted by Gasteiger charge is -2.40. The van der Waals surface area contributed by atoms with E-state index in [-0.39, 0.29) is 41.2 Å². The second kappa shape index (κ2) is 15.8. The first kappa shape index (κ1) is 38.7. The summed E-state index contributed by atoms with van der Waals surface area (Å²) in [6.45, 7) is 16.4. The Morgan fingerprint density at radius 2 is 1.61 bits per heavy atom. The molecule has 0 radical (unpaired) electrons. The lowest BCUT2D eigenvalue weighted by atomic mass is 9.95. The third-order valence-electron chi connectivity index (χ3n) is 12.6. The van der Waals surface area contributed by atoms with Crippen LogP contribution in [0.5, 0.6) is 0 Å². The molecule has 4 aliphatic rings. The van der Waals surface area contributed by atoms with Gasteiger partial charge in [-0.2, -0.15) is 4.98 Å². The van der Waals surface area contributed by atoms with Crippen molar-refractivity contribution in [2.45, 2.75) is 77.3 Å². The van der Waals surface area contributed by atoms with Gasteiger partial charge in [-0.05, 0) is 81.0 Å². The van der Waals surface area contributed by atoms with Crippen LogP contribution in [0.4, 0.5) is 27.7 Å². The first-order valence-corrected chi connectivity index (χ1v) is 21.1. The lowest BCUT2D eigenvalue weighted by Crippen LogP contribution is -2.51. The highest BCUT2D eigenvalue weighted by atomic mass is 16.5. The molecule has 310 valence electrons. The van der Waals surface area contributed by atoms with E-state index in [9.17, 15) is 14.4 Å². The van der Waals surface area contributed by atoms with Gasteiger partial charge in [0.25, 0.3) is 0 Å². The number of aromatic nitrogens is 5. The molecule has 2 atom stereocenters. The zero-order valence-corrected chi connectivity index (χ0v) is 34.4. The maximum atomic E-state index is 13.1. The molecule has 3 aromatic heterocycles. The molecule has 4 fully saturated rings. The van der Waals surface area contributed by atoms with Crippen molar-refractivity contribution in [3.8, 4) is 0 Å². The molecule has 0 bridgehead atoms. The molecule has 9 rings (SSSR count). The van der Waals surface area contributed by atoms with Crippen LogP contribution in [0, 0.1) is 5.92 Å². The van der Waals surface area contributed by atoms with Crippen LogP contribution in [0.2, 0.25) is 0 Å². The monoisotopic (exact) mass is 802 g/mol. The summed E-state index contributed by atoms with van der Waals surface area (Å²) in [4.78, 5) is 65.8. The van der Waals surface area contributed by atoms with Gasteiger partial charge in [0.15, 0.2) is 5.82 Å². The Hall–Kier alpha value is -5.77. The Balaban J connectivity index is 0.793. The number of anilines is 4. The van der Waals surface area contributed by atoms with Gasteiger partial charge in [-0.3, -0.25) is 24.7 Å². The first-order chi connectivity index (χ1) is 28.5. The molecule has 59 heavy (non-hydrogen) atoms. The van der Waals surface area contributed by atoms with E-state index in [4.69, 9.17) is 9.51 Å². The normalized spacial score (nSPS) is 21.4. The van der Waals surface area contributed by atoms with Gasteiger partial charge >= 0.3 is 17.8 Å². The van der Waals surface area contributed by atoms with Crippen LogP contribution in [-0.4, -0.2) is 119 Å². The number of aromatic amines is 1. The number of hydrogen-bond donors (Lipinski definition) is 3. The summed E-state index contributed by atoms with van der Waals surface area (Å²) in [6.07, 6.45) is 6.00. The Morgan fingerprint density at radius 3 is 2.34 bits per heavy atom. The molecule has 16 nitrogen and oxygen atoms in total. The summed E-state index contributed by atoms with van der Waals surface area (Å²) >= 11 is 0. The number of H-pyrrole nitrogens is 1. The number of amides is 4. The van der Waals surface area contributed by atoms with Gasteiger partial charge in [0.05, 0.1) is 5.39 Å². The summed E-state index contributed by atoms with van der Waals surface area (Å²) in [6, 6.07) is 14.6. The molecule has 4 saturated heterocycles. The third-order valence-corrected chi connectivity index (χ3v) is 12.6. The van der Waals surface area contributed by atoms with Crippen molar-refractivity contribution in [2.24, 2.45) is 5.92 Å². The maximum Gasteiger partial charge on any atom is 0.328 e. The molecule has 0 unspecified atom stereocenters. The number of urea groups is 1. The van der Waals surface area contributed by atoms with Crippen LogP contribution in [0.25, 0.3) is 21.9 Å². The number of nitrogens with zero attached hydrogens (tertiary/aromatic N) is 9. The number of hydrogen-bond acceptors (Lipinski definition) is 12. The fraction of sp³-hybridized carbons (Fsp3) is 0.512. The van der Waals surface area contributed by atoms with E-state index in [1.165, 1.54) is 11.4 Å². The van der Waals surface area contributed by atoms with E-state index in [0.29, 0.717) is 31.3 Å². The molecule has 3 N–H and O–H groups in total. The fourth-order valence-corrected chi connectivity index (χ4v) is 9.08. The van der Waals surface area contributed by atoms with Gasteiger partial charge in [0.2, 0.25) is 5.91 Å². The minimum absolute atomic E-state index is 0.0104. The molecule has 2 aromatic carbocycles. The summed E-state index contributed by atoms with van der Waals surface area (Å²) in [7, 11) is 0. The summed E-state index contributed by atoms with van der Waals surface area (Å²) < 4.78 is 5.31. The topological polar surface area (TPSA) is 172 Å². The summed E-state index contributed by atoms with van der Waals surface area (Å²) in [5, 5.41) is 11.6. The second-order valence-electron chi connectivity index (χ2n) is 17.7. The summed E-state index contributed by atoms with van der Waals surface area (Å²) in [5.41, 5.74) is 4.73. The number of rotatable bonds is 8. The highest BCUT2D eigenvalue weighted by Gasteiger charge is 2.32. The number of benzene rings is 2. The summed E-state index contributed by atoms with van der Waals surface area (Å²) in [5.74, 6) is 1.47. The van der Waals surface area contributed by atoms with Crippen LogP contribution in [0.3, 0.4) is 0 Å². The first-order valence-electron chi connectivity index (χ1n) is 21.1. The highest BCUT2D eigenvalue weighted by Crippen LogP contribution is 2.36. The van der Waals surface area contributed by atoms with Crippen LogP contribution in [0.1, 0.15) is 76.3 Å². The Bertz CT molecular complexity index is 2340. The molecular formula is C43H54N12O4. The molecule has 0 spiro atoms. The standard InChI is InChI=1S/C43H54N12O4/c1-27-5-6-29(46-39(57)40-49-41(50-59-40)43(2,3)4)25-55(27)38-36-33-12-11-32(23-34(33)47-37(36)44-26-45-38)53-21-19-51(20-22-53)24-28-13-16-52(17-14-28)30-7-9-31(10-8-30)54-18-15-35(56)48-42(54)58/h7-12,23,26-29H,5-6,13-22,24-25H2,1-4H3,(H,46,57)(H,44,45,47)(H,48,56,58)/t27-,29+/m0/s1. The van der Waals surface area contributed by atoms with E-state index in [1.54, 1.807) is 11.2 Å². The van der Waals surface area contributed by atoms with Crippen LogP contribution in [0.15, 0.2) is 53.3 Å². The predicted octanol–water partition coefficient (Wildman–Crippen LogP) is 5.06. The van der Waals surface area contributed by atoms with E-state index in [0.717, 1.165) is 105 Å². The molecular weight excluding hydrogens is 749 g/mol. The van der Waals surface area contributed by atoms with Crippen molar-refractivity contribution in [1.29, 1.82) is 0 Å². The molecule has 4 aliphatic heterocycles. The van der Waals surface area contributed by atoms with Crippen molar-refractivity contribution < 1.29 is 18.9 Å². The average Bonchev–Trinajstić information content (AvgIpc) is 3.89. The van der Waals surface area contributed by atoms with E-state index >= 15 is 0 Å². The Labute approximate surface area is 343 Å². The maximum absolute atomic E-state index is 13.1. The number of piperazine rings is 1. The van der Waals surface area contributed by atoms with Crippen molar-refractivity contribution >= 4 is 62.7 Å². The van der Waals surface area contributed by atoms with Gasteiger partial charge in [-0.1, -0.05) is 25.9 Å². The largest absolute Gasteiger partial charge is 0.372 e. The van der Waals surface area contributed by atoms with Crippen LogP contribution in [-0.2, 0) is 10.2 Å². The number of nitrogens with one attached hydrogen (secondary N) is 3. The molecule has 0 aliphatic carbocycles. The number of carbonyl (C=O) groups is 3. The zero-order chi connectivity index (χ0) is 40.8. The highest BCUT2D eigenvalue weighted by molar-refractivity contribution is 6.12. The van der Waals surface area contributed by atoms with Crippen molar-refractivity contribution in [3.63, 3.8) is 0 Å². The van der Waals surface area contributed by atoms with Crippen molar-refractivity contribution in [2.75, 3.05) is 78.5 Å². The smallest absolute Gasteiger partial charge is 0.328 e. The number of carbonyl (C=O) groups excluding carboxylic acids is 3. The average molecular weight is 803 g/mol. The lowest BCUT2D eigenvalue weighted by molar-refractivity contribution is -0.120. The van der Waals surface area contributed by atoms with Gasteiger partial charge < -0.3 is 29.5 Å². The SMILES string of the molecule is C[C@H]1CC[C@@H](NC(=O)c2nc(C(C)(C)C)no2)CN1c1ncnc2[nH]c3cc(N4CCN(CC5CCN(c6ccc(N7CCC(=O)NC7=O)cc6)CC5)CC4)ccc3c12. The minimum Gasteiger partial charge on any atom is -0.372 e. The van der Waals surface area contributed by atoms with Gasteiger partial charge in [0, 0.05) is 111 Å². The number of imide groups is 1. The molecule has 5 aromatic rings. The van der Waals surface area contributed by atoms with Crippen LogP contribution < -0.4 is 30.2 Å². The zero-order valence-electron chi connectivity index (χ0n) is 34.4. The van der Waals surface area contributed by atoms with Gasteiger partial charge in [-0.15, -0.1) is 0 Å². The molecule has 7 heterocycles. The van der Waals surface area contributed by atoms with Crippen LogP contribution >= 0.6 is 0 Å². The van der Waals surface area contributed by atoms with E-state index in [2.05, 4.69) is 87.6 Å². The third kappa shape index (κ3) is 8.01. The van der Waals surface area contributed by atoms with Crippen molar-refractivity contribution in [1.82, 2.24) is 40.6 Å². The van der Waals surface area contributed by atoms with E-state index in [1.807, 2.05) is 32.9 Å². The molecule has 4 amide bonds. The predicted molar refractivity (Wildman–Crippen MR) is 227 cm³/mol. The number of piperidine rings is 2. The van der Waals surface area contributed by atoms with Crippen molar-refractivity contribution in [3.05, 3.63) is 60.5 Å².